The second-order valence-electron chi connectivity index (χ2n) is 5.73. The van der Waals surface area contributed by atoms with Gasteiger partial charge in [-0.25, -0.2) is 9.97 Å². The van der Waals surface area contributed by atoms with Crippen molar-refractivity contribution in [3.05, 3.63) is 64.1 Å². The largest absolute Gasteiger partial charge is 0.315 e. The molecule has 0 saturated carbocycles. The molecule has 0 aliphatic carbocycles. The summed E-state index contributed by atoms with van der Waals surface area (Å²) in [4.78, 5) is 20.8. The predicted octanol–water partition coefficient (Wildman–Crippen LogP) is 5.31. The highest BCUT2D eigenvalue weighted by Gasteiger charge is 2.10. The zero-order valence-corrected chi connectivity index (χ0v) is 15.4. The molecule has 1 aromatic carbocycles. The molecular weight excluding hydrogens is 356 g/mol. The van der Waals surface area contributed by atoms with E-state index in [2.05, 4.69) is 34.4 Å². The van der Waals surface area contributed by atoms with E-state index >= 15 is 0 Å². The number of hydrogen-bond acceptors (Lipinski definition) is 5. The Bertz CT molecular complexity index is 877. The molecule has 128 valence electrons. The van der Waals surface area contributed by atoms with Crippen molar-refractivity contribution in [2.45, 2.75) is 19.8 Å². The fourth-order valence-electron chi connectivity index (χ4n) is 2.18. The number of hydrogen-bond donors (Lipinski definition) is 2. The Balaban J connectivity index is 1.66. The zero-order chi connectivity index (χ0) is 17.8. The van der Waals surface area contributed by atoms with E-state index in [4.69, 9.17) is 11.6 Å². The van der Waals surface area contributed by atoms with Gasteiger partial charge in [-0.3, -0.25) is 4.79 Å². The molecule has 0 aliphatic rings. The first-order valence-electron chi connectivity index (χ1n) is 7.77. The molecule has 25 heavy (non-hydrogen) atoms. The number of carbonyl (C=O) groups excluding carboxylic acids is 1. The smallest absolute Gasteiger partial charge is 0.256 e. The number of thiazole rings is 1. The molecule has 0 aliphatic heterocycles. The van der Waals surface area contributed by atoms with Crippen molar-refractivity contribution in [3.63, 3.8) is 0 Å². The Kier molecular flexibility index (Phi) is 5.31. The molecule has 2 N–H and O–H groups in total. The van der Waals surface area contributed by atoms with E-state index in [0.717, 1.165) is 0 Å². The van der Waals surface area contributed by atoms with Crippen LogP contribution in [0, 0.1) is 0 Å². The van der Waals surface area contributed by atoms with E-state index in [1.807, 2.05) is 24.3 Å². The van der Waals surface area contributed by atoms with Crippen LogP contribution in [0.3, 0.4) is 0 Å². The molecule has 0 unspecified atom stereocenters. The number of carbonyl (C=O) groups is 1. The van der Waals surface area contributed by atoms with Crippen LogP contribution in [-0.4, -0.2) is 15.9 Å². The van der Waals surface area contributed by atoms with Gasteiger partial charge in [-0.15, -0.1) is 11.3 Å². The van der Waals surface area contributed by atoms with Gasteiger partial charge in [0.2, 0.25) is 0 Å². The van der Waals surface area contributed by atoms with Crippen LogP contribution in [0.1, 0.15) is 35.7 Å². The van der Waals surface area contributed by atoms with Crippen molar-refractivity contribution in [3.8, 4) is 0 Å². The number of aromatic nitrogens is 2. The Labute approximate surface area is 155 Å². The van der Waals surface area contributed by atoms with Gasteiger partial charge in [0.1, 0.15) is 5.82 Å². The highest BCUT2D eigenvalue weighted by molar-refractivity contribution is 7.14. The fourth-order valence-corrected chi connectivity index (χ4v) is 2.99. The molecule has 3 aromatic rings. The van der Waals surface area contributed by atoms with E-state index < -0.39 is 0 Å². The van der Waals surface area contributed by atoms with Gasteiger partial charge in [0.15, 0.2) is 10.9 Å². The number of halogens is 1. The minimum Gasteiger partial charge on any atom is -0.315 e. The van der Waals surface area contributed by atoms with E-state index in [1.54, 1.807) is 23.7 Å². The highest BCUT2D eigenvalue weighted by Crippen LogP contribution is 2.26. The monoisotopic (exact) mass is 372 g/mol. The molecule has 3 rings (SSSR count). The van der Waals surface area contributed by atoms with E-state index in [-0.39, 0.29) is 5.91 Å². The number of anilines is 3. The summed E-state index contributed by atoms with van der Waals surface area (Å²) in [7, 11) is 0. The summed E-state index contributed by atoms with van der Waals surface area (Å²) in [6, 6.07) is 11.1. The van der Waals surface area contributed by atoms with Gasteiger partial charge >= 0.3 is 0 Å². The highest BCUT2D eigenvalue weighted by atomic mass is 35.5. The van der Waals surface area contributed by atoms with Crippen LogP contribution in [0.15, 0.2) is 48.0 Å². The normalized spacial score (nSPS) is 10.7. The number of rotatable bonds is 5. The van der Waals surface area contributed by atoms with Crippen molar-refractivity contribution >= 4 is 45.6 Å². The predicted molar refractivity (Wildman–Crippen MR) is 103 cm³/mol. The lowest BCUT2D eigenvalue weighted by molar-refractivity contribution is 0.102. The Hall–Kier alpha value is -2.44. The summed E-state index contributed by atoms with van der Waals surface area (Å²) >= 11 is 7.42. The first-order valence-corrected chi connectivity index (χ1v) is 9.03. The van der Waals surface area contributed by atoms with E-state index in [1.165, 1.54) is 16.9 Å². The van der Waals surface area contributed by atoms with Gasteiger partial charge in [0.25, 0.3) is 5.91 Å². The van der Waals surface area contributed by atoms with Crippen LogP contribution >= 0.6 is 22.9 Å². The molecule has 1 amide bonds. The zero-order valence-electron chi connectivity index (χ0n) is 13.8. The standard InChI is InChI=1S/C18H17ClN4OS/c1-11(2)12-5-7-13(8-6-12)17(24)21-15-10-25-18(22-15)23-16-14(19)4-3-9-20-16/h3-11H,1-2H3,(H,21,24)(H,20,22,23). The van der Waals surface area contributed by atoms with Crippen LogP contribution < -0.4 is 10.6 Å². The molecule has 2 aromatic heterocycles. The van der Waals surface area contributed by atoms with Crippen LogP contribution in [0.2, 0.25) is 5.02 Å². The van der Waals surface area contributed by atoms with Crippen molar-refractivity contribution in [1.82, 2.24) is 9.97 Å². The summed E-state index contributed by atoms with van der Waals surface area (Å²) < 4.78 is 0. The third-order valence-corrected chi connectivity index (χ3v) is 4.63. The van der Waals surface area contributed by atoms with Gasteiger partial charge < -0.3 is 10.6 Å². The van der Waals surface area contributed by atoms with Crippen LogP contribution in [0.5, 0.6) is 0 Å². The average molecular weight is 373 g/mol. The molecule has 0 fully saturated rings. The van der Waals surface area contributed by atoms with E-state index in [0.29, 0.717) is 33.3 Å². The molecule has 0 saturated heterocycles. The van der Waals surface area contributed by atoms with E-state index in [9.17, 15) is 4.79 Å². The maximum absolute atomic E-state index is 12.3. The summed E-state index contributed by atoms with van der Waals surface area (Å²) in [5.74, 6) is 1.25. The van der Waals surface area contributed by atoms with Crippen molar-refractivity contribution in [2.75, 3.05) is 10.6 Å². The molecule has 0 bridgehead atoms. The third-order valence-electron chi connectivity index (χ3n) is 3.57. The number of amides is 1. The summed E-state index contributed by atoms with van der Waals surface area (Å²) in [6.45, 7) is 4.24. The van der Waals surface area contributed by atoms with Crippen LogP contribution in [0.4, 0.5) is 16.8 Å². The molecule has 0 spiro atoms. The second kappa shape index (κ2) is 7.63. The first-order chi connectivity index (χ1) is 12.0. The van der Waals surface area contributed by atoms with Gasteiger partial charge in [-0.1, -0.05) is 37.6 Å². The summed E-state index contributed by atoms with van der Waals surface area (Å²) in [5, 5.41) is 8.71. The Morgan fingerprint density at radius 2 is 1.96 bits per heavy atom. The Morgan fingerprint density at radius 3 is 2.64 bits per heavy atom. The maximum Gasteiger partial charge on any atom is 0.256 e. The van der Waals surface area contributed by atoms with Gasteiger partial charge in [0, 0.05) is 17.1 Å². The second-order valence-corrected chi connectivity index (χ2v) is 6.99. The molecule has 0 radical (unpaired) electrons. The minimum absolute atomic E-state index is 0.192. The number of nitrogens with zero attached hydrogens (tertiary/aromatic N) is 2. The minimum atomic E-state index is -0.192. The lowest BCUT2D eigenvalue weighted by Crippen LogP contribution is -2.12. The SMILES string of the molecule is CC(C)c1ccc(C(=O)Nc2csc(Nc3ncccc3Cl)n2)cc1. The lowest BCUT2D eigenvalue weighted by atomic mass is 10.0. The van der Waals surface area contributed by atoms with Gasteiger partial charge in [0.05, 0.1) is 5.02 Å². The number of nitrogens with one attached hydrogen (secondary N) is 2. The summed E-state index contributed by atoms with van der Waals surface area (Å²) in [5.41, 5.74) is 1.80. The lowest BCUT2D eigenvalue weighted by Gasteiger charge is -2.06. The number of pyridine rings is 1. The summed E-state index contributed by atoms with van der Waals surface area (Å²) in [6.07, 6.45) is 1.64. The van der Waals surface area contributed by atoms with Gasteiger partial charge in [-0.2, -0.15) is 0 Å². The topological polar surface area (TPSA) is 66.9 Å². The molecule has 0 atom stereocenters. The molecule has 5 nitrogen and oxygen atoms in total. The fraction of sp³-hybridized carbons (Fsp3) is 0.167. The van der Waals surface area contributed by atoms with Gasteiger partial charge in [-0.05, 0) is 35.7 Å². The average Bonchev–Trinajstić information content (AvgIpc) is 3.04. The number of benzene rings is 1. The Morgan fingerprint density at radius 1 is 1.20 bits per heavy atom. The molecular formula is C18H17ClN4OS. The molecule has 7 heteroatoms. The quantitative estimate of drug-likeness (QED) is 0.636. The third kappa shape index (κ3) is 4.35. The molecule has 2 heterocycles. The first kappa shape index (κ1) is 17.4. The van der Waals surface area contributed by atoms with Crippen LogP contribution in [-0.2, 0) is 0 Å². The van der Waals surface area contributed by atoms with Crippen molar-refractivity contribution in [2.24, 2.45) is 0 Å². The van der Waals surface area contributed by atoms with Crippen molar-refractivity contribution in [1.29, 1.82) is 0 Å². The van der Waals surface area contributed by atoms with Crippen LogP contribution in [0.25, 0.3) is 0 Å². The maximum atomic E-state index is 12.3. The van der Waals surface area contributed by atoms with Crippen molar-refractivity contribution < 1.29 is 4.79 Å².